The Morgan fingerprint density at radius 3 is 2.59 bits per heavy atom. The molecule has 0 saturated carbocycles. The molecule has 0 aliphatic carbocycles. The number of hydrogen-bond donors (Lipinski definition) is 3. The summed E-state index contributed by atoms with van der Waals surface area (Å²) < 4.78 is 0. The van der Waals surface area contributed by atoms with Gasteiger partial charge in [-0.25, -0.2) is 4.79 Å². The van der Waals surface area contributed by atoms with Gasteiger partial charge in [-0.2, -0.15) is 5.26 Å². The predicted octanol–water partition coefficient (Wildman–Crippen LogP) is 3.21. The van der Waals surface area contributed by atoms with Gasteiger partial charge in [0.2, 0.25) is 5.91 Å². The maximum Gasteiger partial charge on any atom is 0.321 e. The Balaban J connectivity index is 1.57. The number of nitriles is 1. The molecule has 0 radical (unpaired) electrons. The molecule has 2 aromatic carbocycles. The lowest BCUT2D eigenvalue weighted by Crippen LogP contribution is -2.47. The van der Waals surface area contributed by atoms with Crippen LogP contribution < -0.4 is 16.0 Å². The molecule has 9 nitrogen and oxygen atoms in total. The summed E-state index contributed by atoms with van der Waals surface area (Å²) in [5.74, 6) is -0.652. The van der Waals surface area contributed by atoms with Gasteiger partial charge in [0, 0.05) is 44.0 Å². The molecule has 2 unspecified atom stereocenters. The van der Waals surface area contributed by atoms with E-state index < -0.39 is 17.9 Å². The molecular formula is C28H36N6O3. The number of carbonyl (C=O) groups is 3. The number of amides is 4. The zero-order chi connectivity index (χ0) is 26.8. The first-order valence-corrected chi connectivity index (χ1v) is 12.6. The molecule has 2 atom stereocenters. The second-order valence-corrected chi connectivity index (χ2v) is 9.82. The van der Waals surface area contributed by atoms with Crippen molar-refractivity contribution in [3.05, 3.63) is 65.7 Å². The highest BCUT2D eigenvalue weighted by Crippen LogP contribution is 2.19. The maximum atomic E-state index is 13.0. The summed E-state index contributed by atoms with van der Waals surface area (Å²) in [6.45, 7) is 6.36. The quantitative estimate of drug-likeness (QED) is 0.430. The molecule has 0 bridgehead atoms. The monoisotopic (exact) mass is 504 g/mol. The summed E-state index contributed by atoms with van der Waals surface area (Å²) in [5, 5.41) is 16.9. The number of likely N-dealkylation sites (tertiary alicyclic amines) is 1. The Kier molecular flexibility index (Phi) is 10.0. The van der Waals surface area contributed by atoms with Crippen molar-refractivity contribution in [3.63, 3.8) is 0 Å². The van der Waals surface area contributed by atoms with Gasteiger partial charge in [-0.15, -0.1) is 0 Å². The van der Waals surface area contributed by atoms with E-state index in [0.717, 1.165) is 26.1 Å². The summed E-state index contributed by atoms with van der Waals surface area (Å²) in [6.07, 6.45) is 1.33. The van der Waals surface area contributed by atoms with Gasteiger partial charge < -0.3 is 20.9 Å². The lowest BCUT2D eigenvalue weighted by molar-refractivity contribution is -0.123. The Morgan fingerprint density at radius 2 is 1.89 bits per heavy atom. The first-order chi connectivity index (χ1) is 17.8. The standard InChI is InChI=1S/C28H36N6O3/c1-20(2)16-25(27(36)30-14-13-29)32-26(35)22-10-7-11-23(17-22)31-28(37)33(3)24-12-15-34(19-24)18-21-8-5-4-6-9-21/h4-11,17,20,24-25H,12,14-16,18-19H2,1-3H3,(H,30,36)(H,31,37)(H,32,35). The van der Waals surface area contributed by atoms with Gasteiger partial charge in [0.25, 0.3) is 5.91 Å². The van der Waals surface area contributed by atoms with E-state index in [0.29, 0.717) is 17.7 Å². The number of rotatable bonds is 10. The van der Waals surface area contributed by atoms with Crippen molar-refractivity contribution in [1.82, 2.24) is 20.4 Å². The fourth-order valence-electron chi connectivity index (χ4n) is 4.42. The predicted molar refractivity (Wildman–Crippen MR) is 143 cm³/mol. The van der Waals surface area contributed by atoms with Crippen LogP contribution >= 0.6 is 0 Å². The highest BCUT2D eigenvalue weighted by atomic mass is 16.2. The third kappa shape index (κ3) is 8.33. The van der Waals surface area contributed by atoms with E-state index in [9.17, 15) is 14.4 Å². The molecule has 1 aliphatic heterocycles. The Labute approximate surface area is 218 Å². The number of benzene rings is 2. The minimum Gasteiger partial charge on any atom is -0.341 e. The van der Waals surface area contributed by atoms with Gasteiger partial charge >= 0.3 is 6.03 Å². The van der Waals surface area contributed by atoms with Crippen LogP contribution in [0.1, 0.15) is 42.6 Å². The van der Waals surface area contributed by atoms with Crippen LogP contribution in [0, 0.1) is 17.2 Å². The zero-order valence-corrected chi connectivity index (χ0v) is 21.7. The van der Waals surface area contributed by atoms with Crippen molar-refractivity contribution in [2.24, 2.45) is 5.92 Å². The number of carbonyl (C=O) groups excluding carboxylic acids is 3. The van der Waals surface area contributed by atoms with Gasteiger partial charge in [0.1, 0.15) is 12.6 Å². The van der Waals surface area contributed by atoms with Crippen LogP contribution in [0.25, 0.3) is 0 Å². The van der Waals surface area contributed by atoms with Crippen LogP contribution in [0.15, 0.2) is 54.6 Å². The van der Waals surface area contributed by atoms with Crippen molar-refractivity contribution < 1.29 is 14.4 Å². The van der Waals surface area contributed by atoms with Crippen LogP contribution in [0.5, 0.6) is 0 Å². The van der Waals surface area contributed by atoms with Crippen LogP contribution in [-0.2, 0) is 11.3 Å². The molecule has 1 heterocycles. The van der Waals surface area contributed by atoms with E-state index in [-0.39, 0.29) is 24.5 Å². The van der Waals surface area contributed by atoms with E-state index in [1.807, 2.05) is 38.1 Å². The summed E-state index contributed by atoms with van der Waals surface area (Å²) in [6, 6.07) is 17.9. The Hall–Kier alpha value is -3.90. The zero-order valence-electron chi connectivity index (χ0n) is 21.7. The normalized spacial score (nSPS) is 16.0. The molecule has 0 aromatic heterocycles. The summed E-state index contributed by atoms with van der Waals surface area (Å²) in [4.78, 5) is 42.3. The summed E-state index contributed by atoms with van der Waals surface area (Å²) in [7, 11) is 1.79. The minimum atomic E-state index is -0.758. The molecule has 1 aliphatic rings. The molecule has 9 heteroatoms. The van der Waals surface area contributed by atoms with Crippen molar-refractivity contribution in [3.8, 4) is 6.07 Å². The van der Waals surface area contributed by atoms with Crippen molar-refractivity contribution in [2.75, 3.05) is 32.0 Å². The maximum absolute atomic E-state index is 13.0. The van der Waals surface area contributed by atoms with Crippen molar-refractivity contribution >= 4 is 23.5 Å². The van der Waals surface area contributed by atoms with E-state index >= 15 is 0 Å². The van der Waals surface area contributed by atoms with E-state index in [1.54, 1.807) is 36.2 Å². The van der Waals surface area contributed by atoms with E-state index in [1.165, 1.54) is 5.56 Å². The Morgan fingerprint density at radius 1 is 1.14 bits per heavy atom. The van der Waals surface area contributed by atoms with Crippen LogP contribution in [0.3, 0.4) is 0 Å². The molecular weight excluding hydrogens is 468 g/mol. The molecule has 196 valence electrons. The number of hydrogen-bond acceptors (Lipinski definition) is 5. The molecule has 37 heavy (non-hydrogen) atoms. The van der Waals surface area contributed by atoms with Crippen LogP contribution in [0.4, 0.5) is 10.5 Å². The SMILES string of the molecule is CC(C)CC(NC(=O)c1cccc(NC(=O)N(C)C2CCN(Cc3ccccc3)C2)c1)C(=O)NCC#N. The average Bonchev–Trinajstić information content (AvgIpc) is 3.35. The molecule has 3 N–H and O–H groups in total. The average molecular weight is 505 g/mol. The summed E-state index contributed by atoms with van der Waals surface area (Å²) in [5.41, 5.74) is 2.08. The first-order valence-electron chi connectivity index (χ1n) is 12.6. The lowest BCUT2D eigenvalue weighted by Gasteiger charge is -2.25. The Bertz CT molecular complexity index is 1110. The largest absolute Gasteiger partial charge is 0.341 e. The van der Waals surface area contributed by atoms with Crippen LogP contribution in [0.2, 0.25) is 0 Å². The van der Waals surface area contributed by atoms with Crippen LogP contribution in [-0.4, -0.2) is 66.4 Å². The summed E-state index contributed by atoms with van der Waals surface area (Å²) >= 11 is 0. The van der Waals surface area contributed by atoms with Gasteiger partial charge in [-0.05, 0) is 42.5 Å². The molecule has 2 aromatic rings. The molecule has 4 amide bonds. The molecule has 3 rings (SSSR count). The molecule has 1 saturated heterocycles. The second kappa shape index (κ2) is 13.4. The third-order valence-corrected chi connectivity index (χ3v) is 6.41. The van der Waals surface area contributed by atoms with Gasteiger partial charge in [-0.1, -0.05) is 50.2 Å². The fraction of sp³-hybridized carbons (Fsp3) is 0.429. The van der Waals surface area contributed by atoms with E-state index in [2.05, 4.69) is 33.0 Å². The van der Waals surface area contributed by atoms with Gasteiger partial charge in [0.05, 0.1) is 6.07 Å². The van der Waals surface area contributed by atoms with Crippen molar-refractivity contribution in [1.29, 1.82) is 5.26 Å². The number of nitrogens with one attached hydrogen (secondary N) is 3. The number of nitrogens with zero attached hydrogens (tertiary/aromatic N) is 3. The van der Waals surface area contributed by atoms with E-state index in [4.69, 9.17) is 5.26 Å². The van der Waals surface area contributed by atoms with Gasteiger partial charge in [0.15, 0.2) is 0 Å². The number of urea groups is 1. The highest BCUT2D eigenvalue weighted by molar-refractivity contribution is 5.99. The number of anilines is 1. The highest BCUT2D eigenvalue weighted by Gasteiger charge is 2.28. The fourth-order valence-corrected chi connectivity index (χ4v) is 4.42. The number of likely N-dealkylation sites (N-methyl/N-ethyl adjacent to an activating group) is 1. The third-order valence-electron chi connectivity index (χ3n) is 6.41. The minimum absolute atomic E-state index is 0.0962. The van der Waals surface area contributed by atoms with Gasteiger partial charge in [-0.3, -0.25) is 14.5 Å². The second-order valence-electron chi connectivity index (χ2n) is 9.82. The lowest BCUT2D eigenvalue weighted by atomic mass is 10.0. The topological polar surface area (TPSA) is 118 Å². The molecule has 0 spiro atoms. The molecule has 1 fully saturated rings. The van der Waals surface area contributed by atoms with Crippen molar-refractivity contribution in [2.45, 2.75) is 45.3 Å². The smallest absolute Gasteiger partial charge is 0.321 e. The first kappa shape index (κ1) is 27.7.